The van der Waals surface area contributed by atoms with Crippen LogP contribution in [0.25, 0.3) is 10.9 Å². The highest BCUT2D eigenvalue weighted by atomic mass is 19.4. The van der Waals surface area contributed by atoms with Crippen molar-refractivity contribution in [1.29, 1.82) is 0 Å². The minimum absolute atomic E-state index is 0.000713. The van der Waals surface area contributed by atoms with E-state index in [0.717, 1.165) is 12.1 Å². The molecule has 0 bridgehead atoms. The van der Waals surface area contributed by atoms with Gasteiger partial charge in [0.1, 0.15) is 11.6 Å². The van der Waals surface area contributed by atoms with E-state index in [-0.39, 0.29) is 11.3 Å². The summed E-state index contributed by atoms with van der Waals surface area (Å²) in [5, 5.41) is 15.9. The zero-order chi connectivity index (χ0) is 22.2. The molecule has 10 heteroatoms. The van der Waals surface area contributed by atoms with Crippen LogP contribution in [-0.4, -0.2) is 28.1 Å². The van der Waals surface area contributed by atoms with E-state index < -0.39 is 23.8 Å². The number of nitrogens with one attached hydrogen (secondary N) is 2. The van der Waals surface area contributed by atoms with Gasteiger partial charge in [0, 0.05) is 23.8 Å². The summed E-state index contributed by atoms with van der Waals surface area (Å²) < 4.78 is 39.4. The number of benzene rings is 2. The lowest BCUT2D eigenvalue weighted by Crippen LogP contribution is -2.13. The molecule has 0 aliphatic heterocycles. The maximum atomic E-state index is 13.1. The highest BCUT2D eigenvalue weighted by Gasteiger charge is 2.31. The monoisotopic (exact) mass is 419 g/mol. The molecule has 0 saturated carbocycles. The number of aromatic carboxylic acids is 1. The first-order chi connectivity index (χ1) is 14.0. The van der Waals surface area contributed by atoms with Gasteiger partial charge in [-0.05, 0) is 49.7 Å². The van der Waals surface area contributed by atoms with Gasteiger partial charge < -0.3 is 21.5 Å². The number of hydrogen-bond donors (Lipinski definition) is 4. The van der Waals surface area contributed by atoms with Gasteiger partial charge in [-0.25, -0.2) is 14.8 Å². The Bertz CT molecular complexity index is 1130. The fraction of sp³-hybridized carbons (Fsp3) is 0.250. The quantitative estimate of drug-likeness (QED) is 0.452. The van der Waals surface area contributed by atoms with Gasteiger partial charge >= 0.3 is 12.1 Å². The number of nitrogens with zero attached hydrogens (tertiary/aromatic N) is 2. The lowest BCUT2D eigenvalue weighted by molar-refractivity contribution is -0.137. The molecule has 0 saturated heterocycles. The van der Waals surface area contributed by atoms with Gasteiger partial charge in [0.05, 0.1) is 22.7 Å². The lowest BCUT2D eigenvalue weighted by Gasteiger charge is -2.19. The fourth-order valence-corrected chi connectivity index (χ4v) is 3.16. The Balaban J connectivity index is 2.07. The Kier molecular flexibility index (Phi) is 5.43. The van der Waals surface area contributed by atoms with Crippen LogP contribution >= 0.6 is 0 Å². The Labute approximate surface area is 170 Å². The van der Waals surface area contributed by atoms with Crippen molar-refractivity contribution in [3.63, 3.8) is 0 Å². The van der Waals surface area contributed by atoms with Crippen molar-refractivity contribution in [1.82, 2.24) is 9.97 Å². The van der Waals surface area contributed by atoms with E-state index in [0.29, 0.717) is 33.8 Å². The van der Waals surface area contributed by atoms with Crippen molar-refractivity contribution in [2.24, 2.45) is 0 Å². The van der Waals surface area contributed by atoms with Crippen LogP contribution < -0.4 is 16.4 Å². The Morgan fingerprint density at radius 3 is 2.47 bits per heavy atom. The molecule has 3 aromatic rings. The van der Waals surface area contributed by atoms with Gasteiger partial charge in [-0.3, -0.25) is 0 Å². The van der Waals surface area contributed by atoms with E-state index in [1.807, 2.05) is 0 Å². The Morgan fingerprint density at radius 1 is 1.17 bits per heavy atom. The molecule has 1 aromatic heterocycles. The molecule has 0 aliphatic carbocycles. The minimum atomic E-state index is -4.52. The van der Waals surface area contributed by atoms with Crippen LogP contribution in [0.2, 0.25) is 0 Å². The SMILES string of the molecule is CNc1cc2c(NC(C)c3cc(N)cc(C(F)(F)F)c3)nc(C)nc2cc1C(=O)O. The molecule has 0 aliphatic rings. The van der Waals surface area contributed by atoms with Crippen LogP contribution in [0.1, 0.15) is 40.3 Å². The summed E-state index contributed by atoms with van der Waals surface area (Å²) in [7, 11) is 1.59. The summed E-state index contributed by atoms with van der Waals surface area (Å²) in [6.45, 7) is 3.33. The number of anilines is 3. The van der Waals surface area contributed by atoms with Crippen molar-refractivity contribution in [3.05, 3.63) is 52.8 Å². The van der Waals surface area contributed by atoms with E-state index in [1.54, 1.807) is 27.0 Å². The van der Waals surface area contributed by atoms with Crippen LogP contribution in [0.3, 0.4) is 0 Å². The highest BCUT2D eigenvalue weighted by molar-refractivity contribution is 6.02. The standard InChI is InChI=1S/C20H20F3N5O2/c1-9(11-4-12(20(21,22)23)6-13(24)5-11)26-18-14-7-16(25-3)15(19(29)30)8-17(14)27-10(2)28-18/h4-9,25H,24H2,1-3H3,(H,29,30)(H,26,27,28). The summed E-state index contributed by atoms with van der Waals surface area (Å²) in [5.41, 5.74) is 5.98. The van der Waals surface area contributed by atoms with Gasteiger partial charge in [0.15, 0.2) is 0 Å². The van der Waals surface area contributed by atoms with Gasteiger partial charge in [-0.1, -0.05) is 0 Å². The molecule has 7 nitrogen and oxygen atoms in total. The smallest absolute Gasteiger partial charge is 0.416 e. The maximum absolute atomic E-state index is 13.1. The number of carboxylic acids is 1. The minimum Gasteiger partial charge on any atom is -0.478 e. The van der Waals surface area contributed by atoms with Crippen molar-refractivity contribution in [3.8, 4) is 0 Å². The normalized spacial score (nSPS) is 12.6. The third-order valence-electron chi connectivity index (χ3n) is 4.60. The van der Waals surface area contributed by atoms with Crippen molar-refractivity contribution < 1.29 is 23.1 Å². The predicted molar refractivity (Wildman–Crippen MR) is 109 cm³/mol. The van der Waals surface area contributed by atoms with Crippen LogP contribution in [-0.2, 0) is 6.18 Å². The second-order valence-corrected chi connectivity index (χ2v) is 6.84. The summed E-state index contributed by atoms with van der Waals surface area (Å²) in [6, 6.07) is 5.83. The molecule has 30 heavy (non-hydrogen) atoms. The third kappa shape index (κ3) is 4.22. The number of rotatable bonds is 5. The molecule has 5 N–H and O–H groups in total. The molecule has 2 aromatic carbocycles. The van der Waals surface area contributed by atoms with Crippen LogP contribution in [0.15, 0.2) is 30.3 Å². The first kappa shape index (κ1) is 21.2. The Morgan fingerprint density at radius 2 is 1.87 bits per heavy atom. The molecule has 3 rings (SSSR count). The van der Waals surface area contributed by atoms with E-state index in [2.05, 4.69) is 20.6 Å². The Hall–Kier alpha value is -3.56. The predicted octanol–water partition coefficient (Wildman–Crippen LogP) is 4.45. The fourth-order valence-electron chi connectivity index (χ4n) is 3.16. The molecule has 0 fully saturated rings. The van der Waals surface area contributed by atoms with Crippen molar-refractivity contribution in [2.45, 2.75) is 26.1 Å². The van der Waals surface area contributed by atoms with Crippen LogP contribution in [0.4, 0.5) is 30.4 Å². The summed E-state index contributed by atoms with van der Waals surface area (Å²) >= 11 is 0. The number of nitrogen functional groups attached to an aromatic ring is 1. The maximum Gasteiger partial charge on any atom is 0.416 e. The molecule has 1 unspecified atom stereocenters. The van der Waals surface area contributed by atoms with Crippen molar-refractivity contribution >= 4 is 34.1 Å². The second kappa shape index (κ2) is 7.69. The lowest BCUT2D eigenvalue weighted by atomic mass is 10.0. The first-order valence-corrected chi connectivity index (χ1v) is 8.97. The van der Waals surface area contributed by atoms with E-state index in [4.69, 9.17) is 5.73 Å². The van der Waals surface area contributed by atoms with Gasteiger partial charge in [-0.15, -0.1) is 0 Å². The number of alkyl halides is 3. The van der Waals surface area contributed by atoms with Gasteiger partial charge in [-0.2, -0.15) is 13.2 Å². The van der Waals surface area contributed by atoms with E-state index >= 15 is 0 Å². The molecular formula is C20H20F3N5O2. The number of carboxylic acid groups (broad SMARTS) is 1. The number of aryl methyl sites for hydroxylation is 1. The zero-order valence-electron chi connectivity index (χ0n) is 16.4. The molecule has 1 atom stereocenters. The van der Waals surface area contributed by atoms with E-state index in [1.165, 1.54) is 12.1 Å². The molecule has 0 spiro atoms. The number of aromatic nitrogens is 2. The number of fused-ring (bicyclic) bond motifs is 1. The van der Waals surface area contributed by atoms with Crippen molar-refractivity contribution in [2.75, 3.05) is 23.4 Å². The second-order valence-electron chi connectivity index (χ2n) is 6.84. The van der Waals surface area contributed by atoms with Crippen LogP contribution in [0, 0.1) is 6.92 Å². The highest BCUT2D eigenvalue weighted by Crippen LogP contribution is 2.34. The number of nitrogens with two attached hydrogens (primary N) is 1. The summed E-state index contributed by atoms with van der Waals surface area (Å²) in [6.07, 6.45) is -4.52. The zero-order valence-corrected chi connectivity index (χ0v) is 16.4. The molecule has 158 valence electrons. The molecule has 1 heterocycles. The number of carbonyl (C=O) groups is 1. The van der Waals surface area contributed by atoms with Gasteiger partial charge in [0.25, 0.3) is 0 Å². The first-order valence-electron chi connectivity index (χ1n) is 8.97. The van der Waals surface area contributed by atoms with Crippen LogP contribution in [0.5, 0.6) is 0 Å². The number of hydrogen-bond acceptors (Lipinski definition) is 6. The largest absolute Gasteiger partial charge is 0.478 e. The summed E-state index contributed by atoms with van der Waals surface area (Å²) in [4.78, 5) is 20.1. The van der Waals surface area contributed by atoms with E-state index in [9.17, 15) is 23.1 Å². The molecule has 0 amide bonds. The summed E-state index contributed by atoms with van der Waals surface area (Å²) in [5.74, 6) is -0.358. The molecule has 0 radical (unpaired) electrons. The topological polar surface area (TPSA) is 113 Å². The average Bonchev–Trinajstić information content (AvgIpc) is 2.65. The molecular weight excluding hydrogens is 399 g/mol. The number of halogens is 3. The van der Waals surface area contributed by atoms with Gasteiger partial charge in [0.2, 0.25) is 0 Å². The average molecular weight is 419 g/mol. The third-order valence-corrected chi connectivity index (χ3v) is 4.60.